The van der Waals surface area contributed by atoms with E-state index in [1.807, 2.05) is 54.6 Å². The largest absolute Gasteiger partial charge is 0.494 e. The fraction of sp³-hybridized carbons (Fsp3) is 0.278. The van der Waals surface area contributed by atoms with E-state index in [0.29, 0.717) is 13.2 Å². The van der Waals surface area contributed by atoms with E-state index in [2.05, 4.69) is 17.6 Å². The lowest BCUT2D eigenvalue weighted by molar-refractivity contribution is 0.250. The lowest BCUT2D eigenvalue weighted by Gasteiger charge is -2.11. The van der Waals surface area contributed by atoms with Gasteiger partial charge in [0, 0.05) is 12.2 Å². The van der Waals surface area contributed by atoms with Crippen molar-refractivity contribution in [2.45, 2.75) is 19.8 Å². The van der Waals surface area contributed by atoms with Gasteiger partial charge in [-0.15, -0.1) is 0 Å². The van der Waals surface area contributed by atoms with Crippen LogP contribution < -0.4 is 15.4 Å². The summed E-state index contributed by atoms with van der Waals surface area (Å²) in [6.45, 7) is 3.22. The normalized spacial score (nSPS) is 10.0. The maximum absolute atomic E-state index is 11.9. The molecule has 22 heavy (non-hydrogen) atoms. The lowest BCUT2D eigenvalue weighted by Crippen LogP contribution is -2.30. The van der Waals surface area contributed by atoms with Crippen LogP contribution in [0.3, 0.4) is 0 Å². The number of hydrogen-bond donors (Lipinski definition) is 2. The Labute approximate surface area is 131 Å². The van der Waals surface area contributed by atoms with E-state index in [1.165, 1.54) is 0 Å². The molecule has 0 saturated carbocycles. The Hall–Kier alpha value is -2.49. The van der Waals surface area contributed by atoms with Crippen molar-refractivity contribution in [3.63, 3.8) is 0 Å². The average molecular weight is 298 g/mol. The number of rotatable bonds is 7. The van der Waals surface area contributed by atoms with E-state index < -0.39 is 0 Å². The number of aryl methyl sites for hydroxylation is 1. The van der Waals surface area contributed by atoms with Crippen LogP contribution in [-0.2, 0) is 6.42 Å². The molecule has 2 aromatic carbocycles. The Bertz CT molecular complexity index is 585. The first-order chi connectivity index (χ1) is 10.8. The first-order valence-corrected chi connectivity index (χ1v) is 7.60. The van der Waals surface area contributed by atoms with Crippen LogP contribution in [0.4, 0.5) is 10.5 Å². The molecule has 4 heteroatoms. The van der Waals surface area contributed by atoms with Crippen LogP contribution in [-0.4, -0.2) is 19.2 Å². The van der Waals surface area contributed by atoms with Crippen molar-refractivity contribution in [1.29, 1.82) is 0 Å². The summed E-state index contributed by atoms with van der Waals surface area (Å²) >= 11 is 0. The summed E-state index contributed by atoms with van der Waals surface area (Å²) in [5.74, 6) is 0.851. The summed E-state index contributed by atoms with van der Waals surface area (Å²) in [6.07, 6.45) is 1.65. The zero-order valence-electron chi connectivity index (χ0n) is 12.8. The van der Waals surface area contributed by atoms with Gasteiger partial charge in [-0.1, -0.05) is 43.3 Å². The van der Waals surface area contributed by atoms with Gasteiger partial charge in [0.2, 0.25) is 0 Å². The summed E-state index contributed by atoms with van der Waals surface area (Å²) in [7, 11) is 0. The van der Waals surface area contributed by atoms with Crippen molar-refractivity contribution in [2.75, 3.05) is 18.5 Å². The molecule has 2 N–H and O–H groups in total. The Morgan fingerprint density at radius 3 is 2.55 bits per heavy atom. The van der Waals surface area contributed by atoms with E-state index in [-0.39, 0.29) is 6.03 Å². The number of amides is 2. The van der Waals surface area contributed by atoms with Crippen molar-refractivity contribution in [1.82, 2.24) is 5.32 Å². The molecule has 116 valence electrons. The highest BCUT2D eigenvalue weighted by Gasteiger charge is 2.04. The maximum Gasteiger partial charge on any atom is 0.319 e. The predicted molar refractivity (Wildman–Crippen MR) is 89.4 cm³/mol. The minimum Gasteiger partial charge on any atom is -0.494 e. The SMILES string of the molecule is CCc1ccccc1NC(=O)NCCCOc1ccccc1. The highest BCUT2D eigenvalue weighted by molar-refractivity contribution is 5.90. The van der Waals surface area contributed by atoms with Crippen LogP contribution in [0, 0.1) is 0 Å². The molecule has 0 bridgehead atoms. The molecular formula is C18H22N2O2. The number of carbonyl (C=O) groups excluding carboxylic acids is 1. The van der Waals surface area contributed by atoms with E-state index in [9.17, 15) is 4.79 Å². The molecule has 2 amide bonds. The van der Waals surface area contributed by atoms with Crippen molar-refractivity contribution < 1.29 is 9.53 Å². The minimum atomic E-state index is -0.180. The van der Waals surface area contributed by atoms with Crippen LogP contribution >= 0.6 is 0 Å². The van der Waals surface area contributed by atoms with Crippen LogP contribution in [0.2, 0.25) is 0 Å². The molecule has 0 saturated heterocycles. The van der Waals surface area contributed by atoms with Crippen molar-refractivity contribution >= 4 is 11.7 Å². The molecular weight excluding hydrogens is 276 g/mol. The van der Waals surface area contributed by atoms with Gasteiger partial charge in [-0.25, -0.2) is 4.79 Å². The molecule has 0 spiro atoms. The highest BCUT2D eigenvalue weighted by atomic mass is 16.5. The molecule has 0 aliphatic carbocycles. The standard InChI is InChI=1S/C18H22N2O2/c1-2-15-9-6-7-12-17(15)20-18(21)19-13-8-14-22-16-10-4-3-5-11-16/h3-7,9-12H,2,8,13-14H2,1H3,(H2,19,20,21). The fourth-order valence-electron chi connectivity index (χ4n) is 2.10. The number of anilines is 1. The van der Waals surface area contributed by atoms with E-state index >= 15 is 0 Å². The Morgan fingerprint density at radius 2 is 1.77 bits per heavy atom. The van der Waals surface area contributed by atoms with Gasteiger partial charge in [-0.05, 0) is 36.6 Å². The van der Waals surface area contributed by atoms with Crippen molar-refractivity contribution in [3.05, 3.63) is 60.2 Å². The molecule has 0 aromatic heterocycles. The lowest BCUT2D eigenvalue weighted by atomic mass is 10.1. The summed E-state index contributed by atoms with van der Waals surface area (Å²) < 4.78 is 5.57. The molecule has 2 rings (SSSR count). The smallest absolute Gasteiger partial charge is 0.319 e. The van der Waals surface area contributed by atoms with Gasteiger partial charge in [0.05, 0.1) is 6.61 Å². The van der Waals surface area contributed by atoms with Gasteiger partial charge in [0.1, 0.15) is 5.75 Å². The van der Waals surface area contributed by atoms with Gasteiger partial charge in [-0.3, -0.25) is 0 Å². The Kier molecular flexibility index (Phi) is 6.30. The summed E-state index contributed by atoms with van der Waals surface area (Å²) in [5.41, 5.74) is 1.99. The number of para-hydroxylation sites is 2. The number of ether oxygens (including phenoxy) is 1. The van der Waals surface area contributed by atoms with Crippen LogP contribution in [0.25, 0.3) is 0 Å². The van der Waals surface area contributed by atoms with Gasteiger partial charge < -0.3 is 15.4 Å². The summed E-state index contributed by atoms with van der Waals surface area (Å²) in [4.78, 5) is 11.9. The monoisotopic (exact) mass is 298 g/mol. The molecule has 0 unspecified atom stereocenters. The quantitative estimate of drug-likeness (QED) is 0.763. The number of benzene rings is 2. The number of carbonyl (C=O) groups is 1. The van der Waals surface area contributed by atoms with E-state index in [1.54, 1.807) is 0 Å². The third-order valence-electron chi connectivity index (χ3n) is 3.27. The zero-order valence-corrected chi connectivity index (χ0v) is 12.8. The zero-order chi connectivity index (χ0) is 15.6. The number of nitrogens with one attached hydrogen (secondary N) is 2. The topological polar surface area (TPSA) is 50.4 Å². The summed E-state index contributed by atoms with van der Waals surface area (Å²) in [6, 6.07) is 17.3. The van der Waals surface area contributed by atoms with Crippen molar-refractivity contribution in [2.24, 2.45) is 0 Å². The van der Waals surface area contributed by atoms with Gasteiger partial charge >= 0.3 is 6.03 Å². The number of hydrogen-bond acceptors (Lipinski definition) is 2. The van der Waals surface area contributed by atoms with Gasteiger partial charge in [0.25, 0.3) is 0 Å². The summed E-state index contributed by atoms with van der Waals surface area (Å²) in [5, 5.41) is 5.72. The molecule has 0 aliphatic rings. The molecule has 2 aromatic rings. The molecule has 0 aliphatic heterocycles. The first-order valence-electron chi connectivity index (χ1n) is 7.60. The third kappa shape index (κ3) is 5.13. The average Bonchev–Trinajstić information content (AvgIpc) is 2.56. The predicted octanol–water partition coefficient (Wildman–Crippen LogP) is 3.84. The van der Waals surface area contributed by atoms with Crippen LogP contribution in [0.15, 0.2) is 54.6 Å². The fourth-order valence-corrected chi connectivity index (χ4v) is 2.10. The van der Waals surface area contributed by atoms with E-state index in [4.69, 9.17) is 4.74 Å². The first kappa shape index (κ1) is 15.9. The Morgan fingerprint density at radius 1 is 1.05 bits per heavy atom. The maximum atomic E-state index is 11.9. The second-order valence-electron chi connectivity index (χ2n) is 4.91. The molecule has 0 radical (unpaired) electrons. The Balaban J connectivity index is 1.65. The van der Waals surface area contributed by atoms with Gasteiger partial charge in [-0.2, -0.15) is 0 Å². The minimum absolute atomic E-state index is 0.180. The third-order valence-corrected chi connectivity index (χ3v) is 3.27. The molecule has 0 heterocycles. The molecule has 0 atom stereocenters. The highest BCUT2D eigenvalue weighted by Crippen LogP contribution is 2.15. The van der Waals surface area contributed by atoms with Gasteiger partial charge in [0.15, 0.2) is 0 Å². The second-order valence-corrected chi connectivity index (χ2v) is 4.91. The number of urea groups is 1. The van der Waals surface area contributed by atoms with E-state index in [0.717, 1.165) is 29.8 Å². The molecule has 0 fully saturated rings. The van der Waals surface area contributed by atoms with Crippen LogP contribution in [0.1, 0.15) is 18.9 Å². The van der Waals surface area contributed by atoms with Crippen LogP contribution in [0.5, 0.6) is 5.75 Å². The second kappa shape index (κ2) is 8.72. The molecule has 4 nitrogen and oxygen atoms in total. The van der Waals surface area contributed by atoms with Crippen molar-refractivity contribution in [3.8, 4) is 5.75 Å².